The third kappa shape index (κ3) is 4.56. The van der Waals surface area contributed by atoms with Gasteiger partial charge in [0.15, 0.2) is 5.96 Å². The van der Waals surface area contributed by atoms with Crippen LogP contribution in [-0.2, 0) is 5.41 Å². The van der Waals surface area contributed by atoms with Crippen LogP contribution < -0.4 is 10.6 Å². The molecule has 0 aromatic heterocycles. The first-order valence-corrected chi connectivity index (χ1v) is 10.1. The van der Waals surface area contributed by atoms with Gasteiger partial charge in [0.1, 0.15) is 5.82 Å². The van der Waals surface area contributed by atoms with E-state index in [1.807, 2.05) is 12.1 Å². The van der Waals surface area contributed by atoms with Gasteiger partial charge in [-0.1, -0.05) is 18.2 Å². The van der Waals surface area contributed by atoms with Crippen molar-refractivity contribution in [3.05, 3.63) is 35.6 Å². The van der Waals surface area contributed by atoms with Gasteiger partial charge in [0, 0.05) is 37.1 Å². The number of benzene rings is 1. The fraction of sp³-hybridized carbons (Fsp3) is 0.667. The molecule has 144 valence electrons. The summed E-state index contributed by atoms with van der Waals surface area (Å²) in [6.45, 7) is 10.4. The molecule has 0 amide bonds. The summed E-state index contributed by atoms with van der Waals surface area (Å²) in [5.74, 6) is 0.775. The first-order valence-electron chi connectivity index (χ1n) is 10.1. The summed E-state index contributed by atoms with van der Waals surface area (Å²) < 4.78 is 14.2. The van der Waals surface area contributed by atoms with E-state index in [0.29, 0.717) is 18.6 Å². The first kappa shape index (κ1) is 19.2. The Morgan fingerprint density at radius 3 is 2.54 bits per heavy atom. The molecule has 0 bridgehead atoms. The summed E-state index contributed by atoms with van der Waals surface area (Å²) >= 11 is 0. The number of guanidine groups is 1. The van der Waals surface area contributed by atoms with E-state index in [1.165, 1.54) is 0 Å². The number of piperidine rings is 1. The van der Waals surface area contributed by atoms with Crippen molar-refractivity contribution in [3.8, 4) is 0 Å². The average molecular weight is 361 g/mol. The quantitative estimate of drug-likeness (QED) is 0.604. The second-order valence-corrected chi connectivity index (χ2v) is 8.00. The molecule has 2 aliphatic rings. The monoisotopic (exact) mass is 360 g/mol. The molecule has 1 saturated carbocycles. The van der Waals surface area contributed by atoms with Crippen molar-refractivity contribution in [1.82, 2.24) is 15.5 Å². The number of nitrogens with zero attached hydrogens (tertiary/aromatic N) is 2. The molecule has 0 unspecified atom stereocenters. The highest BCUT2D eigenvalue weighted by atomic mass is 19.1. The zero-order valence-electron chi connectivity index (χ0n) is 16.4. The molecule has 3 rings (SSSR count). The highest BCUT2D eigenvalue weighted by molar-refractivity contribution is 5.80. The molecule has 4 nitrogen and oxygen atoms in total. The van der Waals surface area contributed by atoms with Crippen molar-refractivity contribution in [3.63, 3.8) is 0 Å². The van der Waals surface area contributed by atoms with Crippen LogP contribution in [-0.4, -0.2) is 49.1 Å². The van der Waals surface area contributed by atoms with Crippen molar-refractivity contribution < 1.29 is 4.39 Å². The predicted octanol–water partition coefficient (Wildman–Crippen LogP) is 3.29. The second-order valence-electron chi connectivity index (χ2n) is 8.00. The lowest BCUT2D eigenvalue weighted by molar-refractivity contribution is 0.167. The van der Waals surface area contributed by atoms with E-state index in [1.54, 1.807) is 12.1 Å². The molecule has 0 radical (unpaired) electrons. The van der Waals surface area contributed by atoms with Crippen LogP contribution in [0, 0.1) is 5.82 Å². The van der Waals surface area contributed by atoms with E-state index in [4.69, 9.17) is 4.99 Å². The summed E-state index contributed by atoms with van der Waals surface area (Å²) in [5, 5.41) is 6.96. The smallest absolute Gasteiger partial charge is 0.191 e. The minimum Gasteiger partial charge on any atom is -0.357 e. The first-order chi connectivity index (χ1) is 12.5. The molecule has 1 aromatic carbocycles. The number of aliphatic imine (C=N–C) groups is 1. The molecule has 1 heterocycles. The molecular weight excluding hydrogens is 327 g/mol. The van der Waals surface area contributed by atoms with Crippen molar-refractivity contribution in [2.24, 2.45) is 4.99 Å². The predicted molar refractivity (Wildman–Crippen MR) is 106 cm³/mol. The summed E-state index contributed by atoms with van der Waals surface area (Å²) in [4.78, 5) is 7.35. The molecule has 1 aliphatic carbocycles. The molecule has 0 atom stereocenters. The maximum atomic E-state index is 14.2. The van der Waals surface area contributed by atoms with Gasteiger partial charge in [-0.2, -0.15) is 0 Å². The summed E-state index contributed by atoms with van der Waals surface area (Å²) in [5.41, 5.74) is 0.721. The van der Waals surface area contributed by atoms with Crippen molar-refractivity contribution in [1.29, 1.82) is 0 Å². The van der Waals surface area contributed by atoms with Crippen LogP contribution in [0.15, 0.2) is 29.3 Å². The van der Waals surface area contributed by atoms with Crippen LogP contribution in [0.4, 0.5) is 4.39 Å². The van der Waals surface area contributed by atoms with Gasteiger partial charge in [0.2, 0.25) is 0 Å². The Kier molecular flexibility index (Phi) is 6.17. The Morgan fingerprint density at radius 1 is 1.27 bits per heavy atom. The Balaban J connectivity index is 1.61. The van der Waals surface area contributed by atoms with Gasteiger partial charge in [-0.25, -0.2) is 4.39 Å². The minimum absolute atomic E-state index is 0.0979. The van der Waals surface area contributed by atoms with Gasteiger partial charge < -0.3 is 15.5 Å². The van der Waals surface area contributed by atoms with Crippen molar-refractivity contribution >= 4 is 5.96 Å². The Bertz CT molecular complexity index is 616. The topological polar surface area (TPSA) is 39.7 Å². The molecule has 0 spiro atoms. The van der Waals surface area contributed by atoms with Gasteiger partial charge in [0.25, 0.3) is 0 Å². The van der Waals surface area contributed by atoms with E-state index in [2.05, 4.69) is 36.3 Å². The molecule has 2 fully saturated rings. The van der Waals surface area contributed by atoms with Gasteiger partial charge >= 0.3 is 0 Å². The maximum Gasteiger partial charge on any atom is 0.191 e. The largest absolute Gasteiger partial charge is 0.357 e. The van der Waals surface area contributed by atoms with E-state index in [9.17, 15) is 4.39 Å². The van der Waals surface area contributed by atoms with Crippen LogP contribution >= 0.6 is 0 Å². The highest BCUT2D eigenvalue weighted by Gasteiger charge is 2.45. The van der Waals surface area contributed by atoms with Gasteiger partial charge in [-0.15, -0.1) is 0 Å². The van der Waals surface area contributed by atoms with Gasteiger partial charge in [-0.3, -0.25) is 4.99 Å². The number of hydrogen-bond acceptors (Lipinski definition) is 2. The van der Waals surface area contributed by atoms with Crippen LogP contribution in [0.3, 0.4) is 0 Å². The fourth-order valence-corrected chi connectivity index (χ4v) is 3.86. The van der Waals surface area contributed by atoms with Crippen molar-refractivity contribution in [2.45, 2.75) is 64.0 Å². The third-order valence-corrected chi connectivity index (χ3v) is 5.78. The standard InChI is InChI=1S/C21H33FN4/c1-4-23-20(25-17-9-13-26(14-10-17)16(2)3)24-15-21(11-12-21)18-7-5-6-8-19(18)22/h5-8,16-17H,4,9-15H2,1-3H3,(H2,23,24,25). The van der Waals surface area contributed by atoms with E-state index in [0.717, 1.165) is 56.8 Å². The molecule has 5 heteroatoms. The minimum atomic E-state index is -0.102. The average Bonchev–Trinajstić information content (AvgIpc) is 3.42. The van der Waals surface area contributed by atoms with Crippen molar-refractivity contribution in [2.75, 3.05) is 26.2 Å². The fourth-order valence-electron chi connectivity index (χ4n) is 3.86. The van der Waals surface area contributed by atoms with E-state index in [-0.39, 0.29) is 11.2 Å². The molecule has 1 saturated heterocycles. The summed E-state index contributed by atoms with van der Waals surface area (Å²) in [7, 11) is 0. The van der Waals surface area contributed by atoms with Crippen LogP contribution in [0.25, 0.3) is 0 Å². The zero-order valence-corrected chi connectivity index (χ0v) is 16.4. The zero-order chi connectivity index (χ0) is 18.6. The highest BCUT2D eigenvalue weighted by Crippen LogP contribution is 2.49. The molecule has 26 heavy (non-hydrogen) atoms. The number of rotatable bonds is 6. The second kappa shape index (κ2) is 8.38. The molecule has 2 N–H and O–H groups in total. The molecular formula is C21H33FN4. The van der Waals surface area contributed by atoms with E-state index >= 15 is 0 Å². The number of halogens is 1. The van der Waals surface area contributed by atoms with Crippen LogP contribution in [0.2, 0.25) is 0 Å². The maximum absolute atomic E-state index is 14.2. The SMILES string of the molecule is CCNC(=NCC1(c2ccccc2F)CC1)NC1CCN(C(C)C)CC1. The molecule has 1 aliphatic heterocycles. The lowest BCUT2D eigenvalue weighted by Crippen LogP contribution is -2.50. The number of nitrogens with one attached hydrogen (secondary N) is 2. The van der Waals surface area contributed by atoms with Gasteiger partial charge in [-0.05, 0) is 58.1 Å². The van der Waals surface area contributed by atoms with Gasteiger partial charge in [0.05, 0.1) is 6.54 Å². The van der Waals surface area contributed by atoms with E-state index < -0.39 is 0 Å². The normalized spacial score (nSPS) is 21.0. The lowest BCUT2D eigenvalue weighted by Gasteiger charge is -2.35. The Morgan fingerprint density at radius 2 is 1.96 bits per heavy atom. The summed E-state index contributed by atoms with van der Waals surface area (Å²) in [6.07, 6.45) is 4.31. The van der Waals surface area contributed by atoms with Crippen LogP contribution in [0.5, 0.6) is 0 Å². The number of likely N-dealkylation sites (tertiary alicyclic amines) is 1. The summed E-state index contributed by atoms with van der Waals surface area (Å²) in [6, 6.07) is 8.24. The Labute approximate surface area is 157 Å². The number of hydrogen-bond donors (Lipinski definition) is 2. The molecule has 1 aromatic rings. The Hall–Kier alpha value is -1.62. The lowest BCUT2D eigenvalue weighted by atomic mass is 9.95. The van der Waals surface area contributed by atoms with Crippen LogP contribution in [0.1, 0.15) is 52.0 Å². The third-order valence-electron chi connectivity index (χ3n) is 5.78.